The third-order valence-electron chi connectivity index (χ3n) is 2.21. The molecule has 5 heteroatoms. The number of thioether (sulfide) groups is 1. The third-order valence-corrected chi connectivity index (χ3v) is 2.76. The molecular formula is C12H17NO3S. The standard InChI is InChI=1S/C12H17NO3S/c1-15-10-5-4-9(6-11(10)16-2)7-13-12(14)8-17-3/h4-6H,7-8H2,1-3H3,(H,13,14). The van der Waals surface area contributed by atoms with E-state index in [1.165, 1.54) is 11.8 Å². The number of nitrogens with one attached hydrogen (secondary N) is 1. The fraction of sp³-hybridized carbons (Fsp3) is 0.417. The van der Waals surface area contributed by atoms with Gasteiger partial charge < -0.3 is 14.8 Å². The molecule has 0 unspecified atom stereocenters. The number of carbonyl (C=O) groups is 1. The second-order valence-electron chi connectivity index (χ2n) is 3.40. The van der Waals surface area contributed by atoms with Gasteiger partial charge in [0, 0.05) is 6.54 Å². The van der Waals surface area contributed by atoms with E-state index in [1.54, 1.807) is 14.2 Å². The van der Waals surface area contributed by atoms with Gasteiger partial charge >= 0.3 is 0 Å². The van der Waals surface area contributed by atoms with Gasteiger partial charge in [0.05, 0.1) is 20.0 Å². The highest BCUT2D eigenvalue weighted by molar-refractivity contribution is 7.99. The molecule has 1 rings (SSSR count). The zero-order valence-electron chi connectivity index (χ0n) is 10.3. The molecule has 0 aliphatic carbocycles. The van der Waals surface area contributed by atoms with Crippen molar-refractivity contribution in [1.82, 2.24) is 5.32 Å². The van der Waals surface area contributed by atoms with E-state index in [-0.39, 0.29) is 5.91 Å². The Labute approximate surface area is 106 Å². The van der Waals surface area contributed by atoms with Gasteiger partial charge in [-0.3, -0.25) is 4.79 Å². The van der Waals surface area contributed by atoms with Crippen molar-refractivity contribution < 1.29 is 14.3 Å². The van der Waals surface area contributed by atoms with Crippen molar-refractivity contribution in [2.24, 2.45) is 0 Å². The zero-order chi connectivity index (χ0) is 12.7. The van der Waals surface area contributed by atoms with Gasteiger partial charge in [0.15, 0.2) is 11.5 Å². The molecule has 0 saturated carbocycles. The average Bonchev–Trinajstić information content (AvgIpc) is 2.36. The molecule has 0 bridgehead atoms. The maximum absolute atomic E-state index is 11.3. The lowest BCUT2D eigenvalue weighted by atomic mass is 10.2. The Hall–Kier alpha value is -1.36. The summed E-state index contributed by atoms with van der Waals surface area (Å²) in [5.74, 6) is 1.87. The normalized spacial score (nSPS) is 9.82. The van der Waals surface area contributed by atoms with E-state index in [4.69, 9.17) is 9.47 Å². The lowest BCUT2D eigenvalue weighted by molar-refractivity contribution is -0.118. The highest BCUT2D eigenvalue weighted by Crippen LogP contribution is 2.27. The zero-order valence-corrected chi connectivity index (χ0v) is 11.1. The second-order valence-corrected chi connectivity index (χ2v) is 4.27. The summed E-state index contributed by atoms with van der Waals surface area (Å²) < 4.78 is 10.3. The monoisotopic (exact) mass is 255 g/mol. The Balaban J connectivity index is 2.63. The minimum absolute atomic E-state index is 0.0345. The van der Waals surface area contributed by atoms with Gasteiger partial charge in [-0.05, 0) is 24.0 Å². The highest BCUT2D eigenvalue weighted by Gasteiger charge is 2.05. The van der Waals surface area contributed by atoms with Gasteiger partial charge in [-0.25, -0.2) is 0 Å². The van der Waals surface area contributed by atoms with Crippen LogP contribution in [-0.4, -0.2) is 32.1 Å². The van der Waals surface area contributed by atoms with E-state index in [0.29, 0.717) is 23.8 Å². The summed E-state index contributed by atoms with van der Waals surface area (Å²) in [6.45, 7) is 0.500. The maximum atomic E-state index is 11.3. The predicted octanol–water partition coefficient (Wildman–Crippen LogP) is 1.68. The van der Waals surface area contributed by atoms with Crippen LogP contribution in [0.2, 0.25) is 0 Å². The molecule has 1 amide bonds. The molecule has 0 atom stereocenters. The number of methoxy groups -OCH3 is 2. The summed E-state index contributed by atoms with van der Waals surface area (Å²) >= 11 is 1.50. The summed E-state index contributed by atoms with van der Waals surface area (Å²) in [5, 5.41) is 2.83. The molecule has 1 N–H and O–H groups in total. The summed E-state index contributed by atoms with van der Waals surface area (Å²) in [7, 11) is 3.19. The molecule has 0 radical (unpaired) electrons. The Bertz CT molecular complexity index is 382. The van der Waals surface area contributed by atoms with Crippen LogP contribution in [0.5, 0.6) is 11.5 Å². The predicted molar refractivity (Wildman–Crippen MR) is 69.8 cm³/mol. The Morgan fingerprint density at radius 2 is 2.00 bits per heavy atom. The first-order chi connectivity index (χ1) is 8.21. The van der Waals surface area contributed by atoms with Crippen molar-refractivity contribution in [3.05, 3.63) is 23.8 Å². The fourth-order valence-corrected chi connectivity index (χ4v) is 1.74. The summed E-state index contributed by atoms with van der Waals surface area (Å²) in [5.41, 5.74) is 0.983. The van der Waals surface area contributed by atoms with Crippen LogP contribution < -0.4 is 14.8 Å². The first kappa shape index (κ1) is 13.7. The SMILES string of the molecule is COc1ccc(CNC(=O)CSC)cc1OC. The first-order valence-corrected chi connectivity index (χ1v) is 6.57. The molecular weight excluding hydrogens is 238 g/mol. The quantitative estimate of drug-likeness (QED) is 0.840. The minimum atomic E-state index is 0.0345. The lowest BCUT2D eigenvalue weighted by Crippen LogP contribution is -2.24. The largest absolute Gasteiger partial charge is 0.493 e. The Kier molecular flexibility index (Phi) is 5.69. The lowest BCUT2D eigenvalue weighted by Gasteiger charge is -2.10. The van der Waals surface area contributed by atoms with Crippen LogP contribution in [0.15, 0.2) is 18.2 Å². The van der Waals surface area contributed by atoms with Gasteiger partial charge in [-0.1, -0.05) is 6.07 Å². The van der Waals surface area contributed by atoms with Crippen LogP contribution in [0.4, 0.5) is 0 Å². The van der Waals surface area contributed by atoms with Crippen molar-refractivity contribution in [1.29, 1.82) is 0 Å². The van der Waals surface area contributed by atoms with Gasteiger partial charge in [0.2, 0.25) is 5.91 Å². The van der Waals surface area contributed by atoms with E-state index in [1.807, 2.05) is 24.5 Å². The molecule has 0 aromatic heterocycles. The van der Waals surface area contributed by atoms with E-state index in [9.17, 15) is 4.79 Å². The smallest absolute Gasteiger partial charge is 0.230 e. The topological polar surface area (TPSA) is 47.6 Å². The Morgan fingerprint density at radius 1 is 1.29 bits per heavy atom. The van der Waals surface area contributed by atoms with Gasteiger partial charge in [0.25, 0.3) is 0 Å². The van der Waals surface area contributed by atoms with Crippen molar-refractivity contribution in [3.63, 3.8) is 0 Å². The van der Waals surface area contributed by atoms with Crippen LogP contribution in [0.25, 0.3) is 0 Å². The molecule has 0 heterocycles. The number of hydrogen-bond donors (Lipinski definition) is 1. The average molecular weight is 255 g/mol. The molecule has 94 valence electrons. The van der Waals surface area contributed by atoms with Crippen LogP contribution in [0.1, 0.15) is 5.56 Å². The summed E-state index contributed by atoms with van der Waals surface area (Å²) in [6.07, 6.45) is 1.90. The van der Waals surface area contributed by atoms with Gasteiger partial charge in [0.1, 0.15) is 0 Å². The maximum Gasteiger partial charge on any atom is 0.230 e. The third kappa shape index (κ3) is 4.19. The van der Waals surface area contributed by atoms with Crippen molar-refractivity contribution in [3.8, 4) is 11.5 Å². The van der Waals surface area contributed by atoms with E-state index < -0.39 is 0 Å². The summed E-state index contributed by atoms with van der Waals surface area (Å²) in [6, 6.07) is 5.59. The van der Waals surface area contributed by atoms with Crippen molar-refractivity contribution >= 4 is 17.7 Å². The molecule has 17 heavy (non-hydrogen) atoms. The molecule has 0 spiro atoms. The van der Waals surface area contributed by atoms with Crippen molar-refractivity contribution in [2.75, 3.05) is 26.2 Å². The van der Waals surface area contributed by atoms with Crippen LogP contribution in [0.3, 0.4) is 0 Å². The summed E-state index contributed by atoms with van der Waals surface area (Å²) in [4.78, 5) is 11.3. The molecule has 0 saturated heterocycles. The number of hydrogen-bond acceptors (Lipinski definition) is 4. The second kappa shape index (κ2) is 7.06. The number of rotatable bonds is 6. The van der Waals surface area contributed by atoms with E-state index in [2.05, 4.69) is 5.32 Å². The van der Waals surface area contributed by atoms with E-state index in [0.717, 1.165) is 5.56 Å². The van der Waals surface area contributed by atoms with Gasteiger partial charge in [-0.2, -0.15) is 11.8 Å². The molecule has 1 aromatic carbocycles. The molecule has 4 nitrogen and oxygen atoms in total. The van der Waals surface area contributed by atoms with Gasteiger partial charge in [-0.15, -0.1) is 0 Å². The molecule has 0 fully saturated rings. The number of amides is 1. The number of carbonyl (C=O) groups excluding carboxylic acids is 1. The molecule has 0 aliphatic heterocycles. The number of benzene rings is 1. The molecule has 1 aromatic rings. The highest BCUT2D eigenvalue weighted by atomic mass is 32.2. The van der Waals surface area contributed by atoms with E-state index >= 15 is 0 Å². The molecule has 0 aliphatic rings. The number of ether oxygens (including phenoxy) is 2. The van der Waals surface area contributed by atoms with Crippen LogP contribution in [-0.2, 0) is 11.3 Å². The fourth-order valence-electron chi connectivity index (χ4n) is 1.37. The van der Waals surface area contributed by atoms with Crippen LogP contribution in [0, 0.1) is 0 Å². The Morgan fingerprint density at radius 3 is 2.59 bits per heavy atom. The van der Waals surface area contributed by atoms with Crippen LogP contribution >= 0.6 is 11.8 Å². The first-order valence-electron chi connectivity index (χ1n) is 5.17. The minimum Gasteiger partial charge on any atom is -0.493 e. The van der Waals surface area contributed by atoms with Crippen molar-refractivity contribution in [2.45, 2.75) is 6.54 Å².